The Morgan fingerprint density at radius 2 is 2.18 bits per heavy atom. The topological polar surface area (TPSA) is 56.7 Å². The van der Waals surface area contributed by atoms with Gasteiger partial charge in [0.2, 0.25) is 0 Å². The van der Waals surface area contributed by atoms with Crippen LogP contribution in [0.1, 0.15) is 24.2 Å². The Kier molecular flexibility index (Phi) is 3.49. The molecule has 2 aromatic rings. The third-order valence-corrected chi connectivity index (χ3v) is 3.50. The van der Waals surface area contributed by atoms with Crippen molar-refractivity contribution < 1.29 is 0 Å². The fraction of sp³-hybridized carbons (Fsp3) is 0.333. The van der Waals surface area contributed by atoms with Crippen molar-refractivity contribution in [2.45, 2.75) is 29.9 Å². The van der Waals surface area contributed by atoms with E-state index in [-0.39, 0.29) is 6.04 Å². The molecule has 0 radical (unpaired) electrons. The molecule has 2 aromatic heterocycles. The van der Waals surface area contributed by atoms with Crippen molar-refractivity contribution in [1.29, 1.82) is 0 Å². The quantitative estimate of drug-likeness (QED) is 0.905. The van der Waals surface area contributed by atoms with Crippen LogP contribution in [0.25, 0.3) is 0 Å². The molecule has 5 heteroatoms. The molecule has 0 unspecified atom stereocenters. The second kappa shape index (κ2) is 4.89. The Bertz CT molecular complexity index is 502. The standard InChI is InChI=1S/C12H16N4S/c1-8-6-12(16(3)15-8)17-11-5-4-10(7-14-11)9(2)13/h4-7,9H,13H2,1-3H3/t9-/m1/s1. The third-order valence-electron chi connectivity index (χ3n) is 2.45. The number of aromatic nitrogens is 3. The summed E-state index contributed by atoms with van der Waals surface area (Å²) in [5.41, 5.74) is 7.85. The molecule has 2 heterocycles. The van der Waals surface area contributed by atoms with Crippen molar-refractivity contribution in [1.82, 2.24) is 14.8 Å². The van der Waals surface area contributed by atoms with E-state index in [1.54, 1.807) is 11.8 Å². The van der Waals surface area contributed by atoms with Gasteiger partial charge in [0, 0.05) is 19.3 Å². The molecule has 4 nitrogen and oxygen atoms in total. The Morgan fingerprint density at radius 3 is 2.65 bits per heavy atom. The van der Waals surface area contributed by atoms with Crippen LogP contribution in [-0.4, -0.2) is 14.8 Å². The molecule has 0 aromatic carbocycles. The minimum atomic E-state index is 0.0282. The van der Waals surface area contributed by atoms with E-state index in [9.17, 15) is 0 Å². The summed E-state index contributed by atoms with van der Waals surface area (Å²) in [6, 6.07) is 6.08. The van der Waals surface area contributed by atoms with Crippen molar-refractivity contribution in [3.05, 3.63) is 35.7 Å². The van der Waals surface area contributed by atoms with Crippen molar-refractivity contribution in [2.24, 2.45) is 12.8 Å². The molecule has 0 aliphatic heterocycles. The van der Waals surface area contributed by atoms with E-state index in [4.69, 9.17) is 5.73 Å². The van der Waals surface area contributed by atoms with Gasteiger partial charge in [0.25, 0.3) is 0 Å². The highest BCUT2D eigenvalue weighted by atomic mass is 32.2. The molecule has 0 saturated carbocycles. The maximum absolute atomic E-state index is 5.78. The molecular weight excluding hydrogens is 232 g/mol. The van der Waals surface area contributed by atoms with Gasteiger partial charge in [-0.25, -0.2) is 4.98 Å². The highest BCUT2D eigenvalue weighted by Gasteiger charge is 2.06. The summed E-state index contributed by atoms with van der Waals surface area (Å²) in [7, 11) is 1.94. The molecule has 0 saturated heterocycles. The monoisotopic (exact) mass is 248 g/mol. The summed E-state index contributed by atoms with van der Waals surface area (Å²) < 4.78 is 1.86. The van der Waals surface area contributed by atoms with Crippen LogP contribution in [0.3, 0.4) is 0 Å². The Morgan fingerprint density at radius 1 is 1.41 bits per heavy atom. The van der Waals surface area contributed by atoms with Gasteiger partial charge >= 0.3 is 0 Å². The van der Waals surface area contributed by atoms with E-state index >= 15 is 0 Å². The van der Waals surface area contributed by atoms with Crippen molar-refractivity contribution in [3.8, 4) is 0 Å². The highest BCUT2D eigenvalue weighted by molar-refractivity contribution is 7.99. The van der Waals surface area contributed by atoms with Gasteiger partial charge in [0.1, 0.15) is 10.1 Å². The van der Waals surface area contributed by atoms with Gasteiger partial charge in [0.15, 0.2) is 0 Å². The summed E-state index contributed by atoms with van der Waals surface area (Å²) in [6.45, 7) is 3.94. The smallest absolute Gasteiger partial charge is 0.102 e. The second-order valence-corrected chi connectivity index (χ2v) is 5.11. The molecule has 1 atom stereocenters. The second-order valence-electron chi connectivity index (χ2n) is 4.07. The van der Waals surface area contributed by atoms with Gasteiger partial charge < -0.3 is 5.73 Å². The fourth-order valence-corrected chi connectivity index (χ4v) is 2.37. The predicted molar refractivity (Wildman–Crippen MR) is 68.9 cm³/mol. The Hall–Kier alpha value is -1.33. The lowest BCUT2D eigenvalue weighted by molar-refractivity contribution is 0.692. The number of aryl methyl sites for hydroxylation is 2. The molecule has 0 aliphatic carbocycles. The molecule has 2 N–H and O–H groups in total. The van der Waals surface area contributed by atoms with Gasteiger partial charge in [-0.1, -0.05) is 17.8 Å². The number of nitrogens with zero attached hydrogens (tertiary/aromatic N) is 3. The minimum Gasteiger partial charge on any atom is -0.324 e. The lowest BCUT2D eigenvalue weighted by Gasteiger charge is -2.05. The molecule has 17 heavy (non-hydrogen) atoms. The lowest BCUT2D eigenvalue weighted by Crippen LogP contribution is -2.05. The average Bonchev–Trinajstić information content (AvgIpc) is 2.58. The molecule has 0 fully saturated rings. The molecule has 0 spiro atoms. The number of rotatable bonds is 3. The maximum atomic E-state index is 5.78. The van der Waals surface area contributed by atoms with E-state index < -0.39 is 0 Å². The van der Waals surface area contributed by atoms with Crippen LogP contribution >= 0.6 is 11.8 Å². The first-order chi connectivity index (χ1) is 8.06. The van der Waals surface area contributed by atoms with Crippen molar-refractivity contribution in [3.63, 3.8) is 0 Å². The summed E-state index contributed by atoms with van der Waals surface area (Å²) >= 11 is 1.60. The summed E-state index contributed by atoms with van der Waals surface area (Å²) in [5, 5.41) is 6.34. The first-order valence-electron chi connectivity index (χ1n) is 5.46. The van der Waals surface area contributed by atoms with E-state index in [0.29, 0.717) is 0 Å². The van der Waals surface area contributed by atoms with E-state index in [1.165, 1.54) is 0 Å². The van der Waals surface area contributed by atoms with Crippen LogP contribution in [0.2, 0.25) is 0 Å². The molecule has 0 amide bonds. The maximum Gasteiger partial charge on any atom is 0.102 e. The van der Waals surface area contributed by atoms with Gasteiger partial charge in [-0.3, -0.25) is 4.68 Å². The van der Waals surface area contributed by atoms with E-state index in [0.717, 1.165) is 21.3 Å². The zero-order valence-corrected chi connectivity index (χ0v) is 11.0. The minimum absolute atomic E-state index is 0.0282. The van der Waals surface area contributed by atoms with E-state index in [2.05, 4.69) is 10.1 Å². The third kappa shape index (κ3) is 2.87. The van der Waals surface area contributed by atoms with Gasteiger partial charge in [-0.05, 0) is 31.5 Å². The molecule has 90 valence electrons. The number of hydrogen-bond acceptors (Lipinski definition) is 4. The van der Waals surface area contributed by atoms with Crippen LogP contribution in [0.15, 0.2) is 34.4 Å². The first kappa shape index (κ1) is 12.1. The Labute approximate surface area is 105 Å². The lowest BCUT2D eigenvalue weighted by atomic mass is 10.2. The molecule has 0 aliphatic rings. The SMILES string of the molecule is Cc1cc(Sc2ccc([C@@H](C)N)cn2)n(C)n1. The largest absolute Gasteiger partial charge is 0.324 e. The highest BCUT2D eigenvalue weighted by Crippen LogP contribution is 2.26. The van der Waals surface area contributed by atoms with Crippen LogP contribution in [-0.2, 0) is 7.05 Å². The summed E-state index contributed by atoms with van der Waals surface area (Å²) in [4.78, 5) is 4.39. The molecule has 2 rings (SSSR count). The zero-order chi connectivity index (χ0) is 12.4. The van der Waals surface area contributed by atoms with Gasteiger partial charge in [-0.15, -0.1) is 0 Å². The van der Waals surface area contributed by atoms with Crippen LogP contribution in [0.5, 0.6) is 0 Å². The predicted octanol–water partition coefficient (Wildman–Crippen LogP) is 2.29. The van der Waals surface area contributed by atoms with Crippen LogP contribution in [0.4, 0.5) is 0 Å². The van der Waals surface area contributed by atoms with Crippen LogP contribution in [0, 0.1) is 6.92 Å². The summed E-state index contributed by atoms with van der Waals surface area (Å²) in [5.74, 6) is 0. The normalized spacial score (nSPS) is 12.7. The summed E-state index contributed by atoms with van der Waals surface area (Å²) in [6.07, 6.45) is 1.83. The number of hydrogen-bond donors (Lipinski definition) is 1. The number of nitrogens with two attached hydrogens (primary N) is 1. The Balaban J connectivity index is 2.16. The van der Waals surface area contributed by atoms with Gasteiger partial charge in [0.05, 0.1) is 5.69 Å². The van der Waals surface area contributed by atoms with Crippen molar-refractivity contribution >= 4 is 11.8 Å². The first-order valence-corrected chi connectivity index (χ1v) is 6.28. The molecule has 0 bridgehead atoms. The van der Waals surface area contributed by atoms with Crippen LogP contribution < -0.4 is 5.73 Å². The number of pyridine rings is 1. The fourth-order valence-electron chi connectivity index (χ4n) is 1.51. The molecular formula is C12H16N4S. The average molecular weight is 248 g/mol. The zero-order valence-electron chi connectivity index (χ0n) is 10.2. The van der Waals surface area contributed by atoms with E-state index in [1.807, 2.05) is 50.0 Å². The van der Waals surface area contributed by atoms with Gasteiger partial charge in [-0.2, -0.15) is 5.10 Å². The van der Waals surface area contributed by atoms with Crippen molar-refractivity contribution in [2.75, 3.05) is 0 Å².